The molecule has 1 unspecified atom stereocenters. The smallest absolute Gasteiger partial charge is 0.374 e. The van der Waals surface area contributed by atoms with Crippen molar-refractivity contribution in [3.8, 4) is 0 Å². The number of pyridine rings is 1. The quantitative estimate of drug-likeness (QED) is 0.708. The summed E-state index contributed by atoms with van der Waals surface area (Å²) in [6.07, 6.45) is 1.68. The van der Waals surface area contributed by atoms with Crippen molar-refractivity contribution in [2.75, 3.05) is 0 Å². The second-order valence-electron chi connectivity index (χ2n) is 4.11. The summed E-state index contributed by atoms with van der Waals surface area (Å²) >= 11 is 3.19. The molecule has 0 saturated heterocycles. The topological polar surface area (TPSA) is 112 Å². The summed E-state index contributed by atoms with van der Waals surface area (Å²) in [6.45, 7) is 0. The van der Waals surface area contributed by atoms with Crippen molar-refractivity contribution < 1.29 is 28.6 Å². The number of aromatic nitrogens is 2. The summed E-state index contributed by atoms with van der Waals surface area (Å²) in [6, 6.07) is 3.26. The van der Waals surface area contributed by atoms with Crippen LogP contribution in [-0.4, -0.2) is 35.7 Å². The van der Waals surface area contributed by atoms with E-state index in [0.29, 0.717) is 10.1 Å². The summed E-state index contributed by atoms with van der Waals surface area (Å²) in [7, 11) is -5.49. The van der Waals surface area contributed by atoms with Crippen LogP contribution in [0.15, 0.2) is 29.0 Å². The molecule has 10 heteroatoms. The van der Waals surface area contributed by atoms with E-state index < -0.39 is 25.4 Å². The minimum Gasteiger partial charge on any atom is -0.478 e. The minimum absolute atomic E-state index is 0.0366. The first kappa shape index (κ1) is 15.1. The number of hydrogen-bond donors (Lipinski definition) is 3. The van der Waals surface area contributed by atoms with Crippen LogP contribution in [0.25, 0.3) is 5.65 Å². The van der Waals surface area contributed by atoms with E-state index in [1.54, 1.807) is 12.1 Å². The number of imidazole rings is 1. The van der Waals surface area contributed by atoms with Crippen LogP contribution in [0.2, 0.25) is 0 Å². The molecule has 2 aromatic heterocycles. The Kier molecular flexibility index (Phi) is 3.72. The predicted octanol–water partition coefficient (Wildman–Crippen LogP) is 1.57. The third-order valence-electron chi connectivity index (χ3n) is 2.75. The second-order valence-corrected chi connectivity index (χ2v) is 6.82. The molecule has 108 valence electrons. The summed E-state index contributed by atoms with van der Waals surface area (Å²) in [5.74, 6) is -2.21. The molecule has 0 aliphatic rings. The van der Waals surface area contributed by atoms with Gasteiger partial charge in [-0.2, -0.15) is 0 Å². The SMILES string of the molecule is O=C(O)C(F)(Cc1cnc2ccc(Br)cn12)P(=O)(O)O. The largest absolute Gasteiger partial charge is 0.478 e. The number of carbonyl (C=O) groups is 1. The first-order chi connectivity index (χ1) is 9.15. The highest BCUT2D eigenvalue weighted by molar-refractivity contribution is 9.10. The van der Waals surface area contributed by atoms with Gasteiger partial charge >= 0.3 is 19.0 Å². The molecule has 0 amide bonds. The van der Waals surface area contributed by atoms with Gasteiger partial charge in [0.15, 0.2) is 0 Å². The highest BCUT2D eigenvalue weighted by Crippen LogP contribution is 2.53. The standard InChI is InChI=1S/C10H9BrFN2O5P/c11-6-1-2-8-13-4-7(14(8)5-6)3-10(12,9(15)16)20(17,18)19/h1-2,4-5H,3H2,(H,15,16)(H2,17,18,19). The fourth-order valence-corrected chi connectivity index (χ4v) is 2.63. The van der Waals surface area contributed by atoms with E-state index in [0.717, 1.165) is 0 Å². The van der Waals surface area contributed by atoms with Gasteiger partial charge in [-0.3, -0.25) is 4.57 Å². The van der Waals surface area contributed by atoms with Gasteiger partial charge < -0.3 is 19.3 Å². The number of hydrogen-bond acceptors (Lipinski definition) is 3. The maximum absolute atomic E-state index is 14.2. The molecule has 2 rings (SSSR count). The van der Waals surface area contributed by atoms with Crippen molar-refractivity contribution in [1.82, 2.24) is 9.38 Å². The molecule has 0 saturated carbocycles. The van der Waals surface area contributed by atoms with Gasteiger partial charge in [0, 0.05) is 29.0 Å². The molecule has 3 N–H and O–H groups in total. The molecule has 20 heavy (non-hydrogen) atoms. The van der Waals surface area contributed by atoms with Crippen LogP contribution in [0.1, 0.15) is 5.69 Å². The molecule has 1 atom stereocenters. The van der Waals surface area contributed by atoms with Gasteiger partial charge in [-0.1, -0.05) is 0 Å². The maximum Gasteiger partial charge on any atom is 0.374 e. The molecule has 0 spiro atoms. The summed E-state index contributed by atoms with van der Waals surface area (Å²) in [5, 5.41) is 5.10. The molecule has 7 nitrogen and oxygen atoms in total. The van der Waals surface area contributed by atoms with E-state index in [4.69, 9.17) is 14.9 Å². The van der Waals surface area contributed by atoms with Crippen molar-refractivity contribution in [2.24, 2.45) is 0 Å². The molecular weight excluding hydrogens is 358 g/mol. The van der Waals surface area contributed by atoms with Gasteiger partial charge in [0.25, 0.3) is 0 Å². The second kappa shape index (κ2) is 4.92. The Morgan fingerprint density at radius 3 is 2.70 bits per heavy atom. The Hall–Kier alpha value is -1.28. The van der Waals surface area contributed by atoms with Crippen LogP contribution in [-0.2, 0) is 15.8 Å². The number of carboxylic acid groups (broad SMARTS) is 1. The van der Waals surface area contributed by atoms with Gasteiger partial charge in [0.05, 0.1) is 0 Å². The van der Waals surface area contributed by atoms with E-state index in [1.165, 1.54) is 16.8 Å². The monoisotopic (exact) mass is 366 g/mol. The Balaban J connectivity index is 2.52. The fourth-order valence-electron chi connectivity index (χ4n) is 1.68. The number of nitrogens with zero attached hydrogens (tertiary/aromatic N) is 2. The first-order valence-corrected chi connectivity index (χ1v) is 7.65. The third-order valence-corrected chi connectivity index (χ3v) is 4.49. The molecule has 0 aromatic carbocycles. The van der Waals surface area contributed by atoms with Crippen molar-refractivity contribution in [1.29, 1.82) is 0 Å². The van der Waals surface area contributed by atoms with Gasteiger partial charge in [-0.15, -0.1) is 0 Å². The Labute approximate surface area is 120 Å². The third kappa shape index (κ3) is 2.49. The fraction of sp³-hybridized carbons (Fsp3) is 0.200. The Morgan fingerprint density at radius 2 is 2.15 bits per heavy atom. The lowest BCUT2D eigenvalue weighted by Crippen LogP contribution is -2.36. The Morgan fingerprint density at radius 1 is 1.50 bits per heavy atom. The lowest BCUT2D eigenvalue weighted by molar-refractivity contribution is -0.146. The van der Waals surface area contributed by atoms with Crippen molar-refractivity contribution in [3.63, 3.8) is 0 Å². The number of rotatable bonds is 4. The van der Waals surface area contributed by atoms with Gasteiger partial charge in [0.1, 0.15) is 5.65 Å². The summed E-state index contributed by atoms with van der Waals surface area (Å²) < 4.78 is 27.3. The molecular formula is C10H9BrFN2O5P. The van der Waals surface area contributed by atoms with Crippen LogP contribution in [0.4, 0.5) is 4.39 Å². The predicted molar refractivity (Wildman–Crippen MR) is 70.1 cm³/mol. The normalized spacial score (nSPS) is 15.2. The molecule has 0 aliphatic carbocycles. The molecule has 0 aliphatic heterocycles. The van der Waals surface area contributed by atoms with Crippen molar-refractivity contribution in [2.45, 2.75) is 11.8 Å². The maximum atomic E-state index is 14.2. The zero-order valence-corrected chi connectivity index (χ0v) is 12.3. The molecule has 2 heterocycles. The van der Waals surface area contributed by atoms with E-state index >= 15 is 0 Å². The molecule has 0 radical (unpaired) electrons. The van der Waals surface area contributed by atoms with E-state index in [1.807, 2.05) is 0 Å². The van der Waals surface area contributed by atoms with Crippen LogP contribution < -0.4 is 0 Å². The van der Waals surface area contributed by atoms with E-state index in [9.17, 15) is 13.8 Å². The highest BCUT2D eigenvalue weighted by Gasteiger charge is 2.55. The van der Waals surface area contributed by atoms with Crippen LogP contribution in [0, 0.1) is 0 Å². The number of aliphatic carboxylic acids is 1. The van der Waals surface area contributed by atoms with Crippen molar-refractivity contribution >= 4 is 35.1 Å². The first-order valence-electron chi connectivity index (χ1n) is 5.24. The van der Waals surface area contributed by atoms with Crippen LogP contribution in [0.3, 0.4) is 0 Å². The average molecular weight is 367 g/mol. The zero-order chi connectivity index (χ0) is 15.1. The Bertz CT molecular complexity index is 730. The van der Waals surface area contributed by atoms with Gasteiger partial charge in [0.2, 0.25) is 0 Å². The number of halogens is 2. The number of carboxylic acids is 1. The summed E-state index contributed by atoms with van der Waals surface area (Å²) in [5.41, 5.74) is 0.441. The molecule has 0 fully saturated rings. The lowest BCUT2D eigenvalue weighted by Gasteiger charge is -2.21. The van der Waals surface area contributed by atoms with Crippen LogP contribution >= 0.6 is 23.5 Å². The van der Waals surface area contributed by atoms with Gasteiger partial charge in [-0.25, -0.2) is 14.2 Å². The number of alkyl halides is 1. The minimum atomic E-state index is -5.49. The average Bonchev–Trinajstić information content (AvgIpc) is 2.70. The van der Waals surface area contributed by atoms with Crippen molar-refractivity contribution in [3.05, 3.63) is 34.7 Å². The number of fused-ring (bicyclic) bond motifs is 1. The van der Waals surface area contributed by atoms with Crippen LogP contribution in [0.5, 0.6) is 0 Å². The van der Waals surface area contributed by atoms with E-state index in [2.05, 4.69) is 20.9 Å². The highest BCUT2D eigenvalue weighted by atomic mass is 79.9. The zero-order valence-electron chi connectivity index (χ0n) is 9.77. The molecule has 0 bridgehead atoms. The summed E-state index contributed by atoms with van der Waals surface area (Å²) in [4.78, 5) is 32.7. The van der Waals surface area contributed by atoms with E-state index in [-0.39, 0.29) is 5.69 Å². The van der Waals surface area contributed by atoms with Gasteiger partial charge in [-0.05, 0) is 28.1 Å². The lowest BCUT2D eigenvalue weighted by atomic mass is 10.2. The molecule has 2 aromatic rings.